The molecule has 0 saturated heterocycles. The van der Waals surface area contributed by atoms with Gasteiger partial charge < -0.3 is 5.43 Å². The van der Waals surface area contributed by atoms with Crippen molar-refractivity contribution in [3.8, 4) is 0 Å². The number of aryl methyl sites for hydroxylation is 1. The molecular weight excluding hydrogens is 303 g/mol. The third kappa shape index (κ3) is 2.03. The lowest BCUT2D eigenvalue weighted by molar-refractivity contribution is 0.959. The van der Waals surface area contributed by atoms with Gasteiger partial charge in [0.25, 0.3) is 0 Å². The summed E-state index contributed by atoms with van der Waals surface area (Å²) in [6.45, 7) is 2.02. The van der Waals surface area contributed by atoms with Crippen LogP contribution in [0.3, 0.4) is 0 Å². The number of nitrogens with zero attached hydrogens (tertiary/aromatic N) is 2. The summed E-state index contributed by atoms with van der Waals surface area (Å²) in [4.78, 5) is 8.76. The number of aromatic nitrogens is 2. The van der Waals surface area contributed by atoms with Crippen LogP contribution in [-0.4, -0.2) is 9.97 Å². The van der Waals surface area contributed by atoms with E-state index in [1.54, 1.807) is 0 Å². The highest BCUT2D eigenvalue weighted by Crippen LogP contribution is 2.21. The molecule has 1 aromatic heterocycles. The van der Waals surface area contributed by atoms with Gasteiger partial charge in [-0.3, -0.25) is 0 Å². The molecule has 4 nitrogen and oxygen atoms in total. The molecule has 0 bridgehead atoms. The molecule has 3 N–H and O–H groups in total. The third-order valence-corrected chi connectivity index (χ3v) is 2.83. The lowest BCUT2D eigenvalue weighted by Gasteiger charge is -2.06. The van der Waals surface area contributed by atoms with Crippen molar-refractivity contribution in [1.82, 2.24) is 9.97 Å². The van der Waals surface area contributed by atoms with Gasteiger partial charge in [-0.05, 0) is 40.8 Å². The van der Waals surface area contributed by atoms with Crippen LogP contribution in [0, 0.1) is 3.57 Å². The number of anilines is 1. The predicted molar refractivity (Wildman–Crippen MR) is 69.4 cm³/mol. The van der Waals surface area contributed by atoms with E-state index < -0.39 is 0 Å². The number of benzene rings is 1. The van der Waals surface area contributed by atoms with Gasteiger partial charge >= 0.3 is 0 Å². The van der Waals surface area contributed by atoms with Gasteiger partial charge in [-0.25, -0.2) is 15.8 Å². The van der Waals surface area contributed by atoms with Crippen molar-refractivity contribution >= 4 is 39.3 Å². The molecule has 0 atom stereocenters. The number of hydrazine groups is 1. The van der Waals surface area contributed by atoms with E-state index in [-0.39, 0.29) is 0 Å². The zero-order chi connectivity index (χ0) is 10.8. The Morgan fingerprint density at radius 1 is 1.40 bits per heavy atom. The molecule has 1 heterocycles. The molecule has 15 heavy (non-hydrogen) atoms. The van der Waals surface area contributed by atoms with E-state index in [4.69, 9.17) is 5.84 Å². The fraction of sp³-hybridized carbons (Fsp3) is 0.200. The van der Waals surface area contributed by atoms with Gasteiger partial charge in [0.05, 0.1) is 5.52 Å². The van der Waals surface area contributed by atoms with Crippen molar-refractivity contribution in [3.63, 3.8) is 0 Å². The first kappa shape index (κ1) is 10.6. The maximum Gasteiger partial charge on any atom is 0.151 e. The van der Waals surface area contributed by atoms with E-state index in [1.165, 1.54) is 0 Å². The number of nitrogen functional groups attached to an aromatic ring is 1. The molecule has 0 aliphatic carbocycles. The molecule has 0 spiro atoms. The van der Waals surface area contributed by atoms with Gasteiger partial charge in [0.15, 0.2) is 5.82 Å². The van der Waals surface area contributed by atoms with Crippen molar-refractivity contribution in [3.05, 3.63) is 27.6 Å². The molecule has 5 heteroatoms. The molecule has 0 unspecified atom stereocenters. The van der Waals surface area contributed by atoms with Crippen LogP contribution in [-0.2, 0) is 6.42 Å². The fourth-order valence-electron chi connectivity index (χ4n) is 1.42. The second-order valence-corrected chi connectivity index (χ2v) is 4.39. The summed E-state index contributed by atoms with van der Waals surface area (Å²) < 4.78 is 1.14. The zero-order valence-corrected chi connectivity index (χ0v) is 10.4. The van der Waals surface area contributed by atoms with Gasteiger partial charge in [-0.2, -0.15) is 0 Å². The minimum atomic E-state index is 0.690. The van der Waals surface area contributed by atoms with E-state index in [9.17, 15) is 0 Å². The standard InChI is InChI=1S/C10H11IN4/c1-2-9-13-8-4-3-6(11)5-7(8)10(14-9)15-12/h3-5H,2,12H2,1H3,(H,13,14,15). The Bertz CT molecular complexity index is 498. The Labute approximate surface area is 101 Å². The number of nitrogens with one attached hydrogen (secondary N) is 1. The summed E-state index contributed by atoms with van der Waals surface area (Å²) in [6, 6.07) is 6.03. The van der Waals surface area contributed by atoms with Crippen LogP contribution in [0.1, 0.15) is 12.7 Å². The highest BCUT2D eigenvalue weighted by atomic mass is 127. The molecule has 2 rings (SSSR count). The SMILES string of the molecule is CCc1nc(NN)c2cc(I)ccc2n1. The third-order valence-electron chi connectivity index (χ3n) is 2.16. The van der Waals surface area contributed by atoms with Crippen LogP contribution in [0.25, 0.3) is 10.9 Å². The highest BCUT2D eigenvalue weighted by molar-refractivity contribution is 14.1. The van der Waals surface area contributed by atoms with Gasteiger partial charge in [-0.1, -0.05) is 6.92 Å². The van der Waals surface area contributed by atoms with Gasteiger partial charge in [0, 0.05) is 15.4 Å². The number of hydrogen-bond donors (Lipinski definition) is 2. The molecule has 0 aliphatic rings. The maximum absolute atomic E-state index is 5.45. The maximum atomic E-state index is 5.45. The molecule has 78 valence electrons. The molecule has 0 aliphatic heterocycles. The van der Waals surface area contributed by atoms with E-state index in [0.29, 0.717) is 5.82 Å². The van der Waals surface area contributed by atoms with Crippen molar-refractivity contribution in [2.45, 2.75) is 13.3 Å². The molecule has 2 aromatic rings. The lowest BCUT2D eigenvalue weighted by atomic mass is 10.2. The number of fused-ring (bicyclic) bond motifs is 1. The zero-order valence-electron chi connectivity index (χ0n) is 8.29. The van der Waals surface area contributed by atoms with E-state index >= 15 is 0 Å². The summed E-state index contributed by atoms with van der Waals surface area (Å²) in [7, 11) is 0. The average molecular weight is 314 g/mol. The largest absolute Gasteiger partial charge is 0.308 e. The van der Waals surface area contributed by atoms with E-state index in [2.05, 4.69) is 38.0 Å². The minimum absolute atomic E-state index is 0.690. The average Bonchev–Trinajstić information content (AvgIpc) is 2.27. The van der Waals surface area contributed by atoms with Gasteiger partial charge in [0.1, 0.15) is 5.82 Å². The summed E-state index contributed by atoms with van der Waals surface area (Å²) in [5.41, 5.74) is 3.54. The highest BCUT2D eigenvalue weighted by Gasteiger charge is 2.05. The molecule has 0 saturated carbocycles. The Hall–Kier alpha value is -0.950. The van der Waals surface area contributed by atoms with Crippen LogP contribution < -0.4 is 11.3 Å². The van der Waals surface area contributed by atoms with Crippen molar-refractivity contribution < 1.29 is 0 Å². The van der Waals surface area contributed by atoms with E-state index in [0.717, 1.165) is 26.7 Å². The summed E-state index contributed by atoms with van der Waals surface area (Å²) in [5, 5.41) is 0.960. The van der Waals surface area contributed by atoms with Gasteiger partial charge in [0.2, 0.25) is 0 Å². The molecule has 0 radical (unpaired) electrons. The first-order chi connectivity index (χ1) is 7.24. The topological polar surface area (TPSA) is 63.8 Å². The van der Waals surface area contributed by atoms with Crippen LogP contribution >= 0.6 is 22.6 Å². The van der Waals surface area contributed by atoms with Crippen molar-refractivity contribution in [1.29, 1.82) is 0 Å². The van der Waals surface area contributed by atoms with Crippen LogP contribution in [0.5, 0.6) is 0 Å². The summed E-state index contributed by atoms with van der Waals surface area (Å²) in [6.07, 6.45) is 0.802. The Kier molecular flexibility index (Phi) is 3.01. The minimum Gasteiger partial charge on any atom is -0.308 e. The second kappa shape index (κ2) is 4.28. The molecule has 0 fully saturated rings. The molecular formula is C10H11IN4. The van der Waals surface area contributed by atoms with Crippen molar-refractivity contribution in [2.24, 2.45) is 5.84 Å². The van der Waals surface area contributed by atoms with Crippen LogP contribution in [0.2, 0.25) is 0 Å². The normalized spacial score (nSPS) is 10.6. The summed E-state index contributed by atoms with van der Waals surface area (Å²) in [5.74, 6) is 6.94. The van der Waals surface area contributed by atoms with Gasteiger partial charge in [-0.15, -0.1) is 0 Å². The number of hydrogen-bond acceptors (Lipinski definition) is 4. The summed E-state index contributed by atoms with van der Waals surface area (Å²) >= 11 is 2.25. The van der Waals surface area contributed by atoms with Crippen LogP contribution in [0.4, 0.5) is 5.82 Å². The predicted octanol–water partition coefficient (Wildman–Crippen LogP) is 2.08. The Morgan fingerprint density at radius 3 is 2.87 bits per heavy atom. The Balaban J connectivity index is 2.75. The molecule has 0 amide bonds. The first-order valence-electron chi connectivity index (χ1n) is 4.67. The fourth-order valence-corrected chi connectivity index (χ4v) is 1.91. The molecule has 1 aromatic carbocycles. The van der Waals surface area contributed by atoms with Crippen molar-refractivity contribution in [2.75, 3.05) is 5.43 Å². The van der Waals surface area contributed by atoms with E-state index in [1.807, 2.05) is 25.1 Å². The number of halogens is 1. The van der Waals surface area contributed by atoms with Crippen LogP contribution in [0.15, 0.2) is 18.2 Å². The number of nitrogens with two attached hydrogens (primary N) is 1. The quantitative estimate of drug-likeness (QED) is 0.506. The lowest BCUT2D eigenvalue weighted by Crippen LogP contribution is -2.11. The first-order valence-corrected chi connectivity index (χ1v) is 5.75. The second-order valence-electron chi connectivity index (χ2n) is 3.15. The smallest absolute Gasteiger partial charge is 0.151 e. The number of rotatable bonds is 2. The monoisotopic (exact) mass is 314 g/mol. The Morgan fingerprint density at radius 2 is 2.20 bits per heavy atom.